The van der Waals surface area contributed by atoms with Gasteiger partial charge in [-0.3, -0.25) is 9.59 Å². The number of aliphatic carboxylic acids is 1. The van der Waals surface area contributed by atoms with Gasteiger partial charge in [0.2, 0.25) is 5.91 Å². The Hall–Kier alpha value is -1.06. The van der Waals surface area contributed by atoms with Crippen LogP contribution >= 0.6 is 0 Å². The Labute approximate surface area is 116 Å². The van der Waals surface area contributed by atoms with Crippen molar-refractivity contribution >= 4 is 11.9 Å². The van der Waals surface area contributed by atoms with E-state index in [1.165, 1.54) is 0 Å². The number of nitrogens with zero attached hydrogens (tertiary/aromatic N) is 1. The number of hydrogen-bond donors (Lipinski definition) is 1. The molecule has 1 aliphatic heterocycles. The van der Waals surface area contributed by atoms with Crippen molar-refractivity contribution in [3.63, 3.8) is 0 Å². The first-order valence-electron chi connectivity index (χ1n) is 7.38. The van der Waals surface area contributed by atoms with Gasteiger partial charge in [0.15, 0.2) is 0 Å². The van der Waals surface area contributed by atoms with Crippen LogP contribution in [0.5, 0.6) is 0 Å². The molecule has 1 amide bonds. The molecule has 4 heteroatoms. The molecule has 110 valence electrons. The summed E-state index contributed by atoms with van der Waals surface area (Å²) in [6.07, 6.45) is 6.75. The Kier molecular flexibility index (Phi) is 5.83. The number of carboxylic acids is 1. The SMILES string of the molecule is C[C@H]1CCC(=O)N1C(C)(C)CCCCCCC(=O)O. The Morgan fingerprint density at radius 3 is 2.47 bits per heavy atom. The number of carboxylic acid groups (broad SMARTS) is 1. The predicted octanol–water partition coefficient (Wildman–Crippen LogP) is 3.20. The smallest absolute Gasteiger partial charge is 0.303 e. The quantitative estimate of drug-likeness (QED) is 0.688. The lowest BCUT2D eigenvalue weighted by molar-refractivity contribution is -0.137. The fraction of sp³-hybridized carbons (Fsp3) is 0.867. The average Bonchev–Trinajstić information content (AvgIpc) is 2.63. The topological polar surface area (TPSA) is 57.6 Å². The van der Waals surface area contributed by atoms with Crippen LogP contribution in [0.25, 0.3) is 0 Å². The number of unbranched alkanes of at least 4 members (excludes halogenated alkanes) is 3. The van der Waals surface area contributed by atoms with E-state index < -0.39 is 5.97 Å². The van der Waals surface area contributed by atoms with E-state index in [9.17, 15) is 9.59 Å². The zero-order valence-electron chi connectivity index (χ0n) is 12.4. The molecule has 0 bridgehead atoms. The molecule has 1 rings (SSSR count). The van der Waals surface area contributed by atoms with Gasteiger partial charge in [-0.2, -0.15) is 0 Å². The van der Waals surface area contributed by atoms with Crippen LogP contribution in [0.4, 0.5) is 0 Å². The van der Waals surface area contributed by atoms with E-state index >= 15 is 0 Å². The Balaban J connectivity index is 2.27. The molecule has 1 saturated heterocycles. The second-order valence-corrected chi connectivity index (χ2v) is 6.27. The second-order valence-electron chi connectivity index (χ2n) is 6.27. The van der Waals surface area contributed by atoms with E-state index in [1.54, 1.807) is 0 Å². The van der Waals surface area contributed by atoms with E-state index in [-0.39, 0.29) is 17.9 Å². The van der Waals surface area contributed by atoms with Gasteiger partial charge in [-0.25, -0.2) is 0 Å². The van der Waals surface area contributed by atoms with Crippen LogP contribution in [-0.2, 0) is 9.59 Å². The number of carbonyl (C=O) groups excluding carboxylic acids is 1. The summed E-state index contributed by atoms with van der Waals surface area (Å²) in [7, 11) is 0. The molecule has 1 N–H and O–H groups in total. The Morgan fingerprint density at radius 2 is 1.95 bits per heavy atom. The zero-order valence-corrected chi connectivity index (χ0v) is 12.4. The van der Waals surface area contributed by atoms with Crippen molar-refractivity contribution < 1.29 is 14.7 Å². The molecule has 1 atom stereocenters. The lowest BCUT2D eigenvalue weighted by Crippen LogP contribution is -2.48. The van der Waals surface area contributed by atoms with Crippen LogP contribution in [0.2, 0.25) is 0 Å². The van der Waals surface area contributed by atoms with Crippen LogP contribution in [0.3, 0.4) is 0 Å². The maximum absolute atomic E-state index is 11.9. The molecule has 0 saturated carbocycles. The summed E-state index contributed by atoms with van der Waals surface area (Å²) in [5, 5.41) is 8.56. The third-order valence-electron chi connectivity index (χ3n) is 4.07. The van der Waals surface area contributed by atoms with Crippen molar-refractivity contribution in [3.8, 4) is 0 Å². The van der Waals surface area contributed by atoms with Gasteiger partial charge in [0.1, 0.15) is 0 Å². The first-order chi connectivity index (χ1) is 8.84. The van der Waals surface area contributed by atoms with Gasteiger partial charge in [0, 0.05) is 24.4 Å². The number of hydrogen-bond acceptors (Lipinski definition) is 2. The molecule has 19 heavy (non-hydrogen) atoms. The first-order valence-corrected chi connectivity index (χ1v) is 7.38. The van der Waals surface area contributed by atoms with Crippen LogP contribution in [0, 0.1) is 0 Å². The maximum Gasteiger partial charge on any atom is 0.303 e. The minimum Gasteiger partial charge on any atom is -0.481 e. The highest BCUT2D eigenvalue weighted by Gasteiger charge is 2.37. The number of likely N-dealkylation sites (tertiary alicyclic amines) is 1. The van der Waals surface area contributed by atoms with Gasteiger partial charge in [0.25, 0.3) is 0 Å². The van der Waals surface area contributed by atoms with Crippen LogP contribution < -0.4 is 0 Å². The summed E-state index contributed by atoms with van der Waals surface area (Å²) in [4.78, 5) is 24.3. The third kappa shape index (κ3) is 4.84. The molecule has 1 aliphatic rings. The van der Waals surface area contributed by atoms with Crippen molar-refractivity contribution in [2.75, 3.05) is 0 Å². The van der Waals surface area contributed by atoms with E-state index in [0.717, 1.165) is 38.5 Å². The van der Waals surface area contributed by atoms with Crippen molar-refractivity contribution in [1.29, 1.82) is 0 Å². The molecule has 0 aromatic carbocycles. The lowest BCUT2D eigenvalue weighted by atomic mass is 9.93. The normalized spacial score (nSPS) is 20.1. The highest BCUT2D eigenvalue weighted by molar-refractivity contribution is 5.79. The predicted molar refractivity (Wildman–Crippen MR) is 75.0 cm³/mol. The van der Waals surface area contributed by atoms with Crippen molar-refractivity contribution in [2.24, 2.45) is 0 Å². The summed E-state index contributed by atoms with van der Waals surface area (Å²) in [6, 6.07) is 0.356. The Bertz CT molecular complexity index is 325. The van der Waals surface area contributed by atoms with Gasteiger partial charge >= 0.3 is 5.97 Å². The highest BCUT2D eigenvalue weighted by Crippen LogP contribution is 2.31. The molecule has 0 radical (unpaired) electrons. The molecule has 0 aliphatic carbocycles. The van der Waals surface area contributed by atoms with Crippen molar-refractivity contribution in [2.45, 2.75) is 83.7 Å². The Morgan fingerprint density at radius 1 is 1.32 bits per heavy atom. The largest absolute Gasteiger partial charge is 0.481 e. The van der Waals surface area contributed by atoms with Gasteiger partial charge < -0.3 is 10.0 Å². The highest BCUT2D eigenvalue weighted by atomic mass is 16.4. The van der Waals surface area contributed by atoms with Crippen LogP contribution in [-0.4, -0.2) is 33.5 Å². The summed E-state index contributed by atoms with van der Waals surface area (Å²) >= 11 is 0. The molecule has 0 spiro atoms. The minimum atomic E-state index is -0.711. The molecule has 4 nitrogen and oxygen atoms in total. The fourth-order valence-electron chi connectivity index (χ4n) is 3.07. The van der Waals surface area contributed by atoms with Gasteiger partial charge in [-0.1, -0.05) is 19.3 Å². The van der Waals surface area contributed by atoms with Crippen LogP contribution in [0.15, 0.2) is 0 Å². The molecule has 0 unspecified atom stereocenters. The van der Waals surface area contributed by atoms with Gasteiger partial charge in [-0.15, -0.1) is 0 Å². The maximum atomic E-state index is 11.9. The second kappa shape index (κ2) is 6.92. The molecular formula is C15H27NO3. The van der Waals surface area contributed by atoms with Crippen LogP contribution in [0.1, 0.15) is 72.1 Å². The zero-order chi connectivity index (χ0) is 14.5. The minimum absolute atomic E-state index is 0.0696. The summed E-state index contributed by atoms with van der Waals surface area (Å²) in [6.45, 7) is 6.41. The molecular weight excluding hydrogens is 242 g/mol. The van der Waals surface area contributed by atoms with E-state index in [2.05, 4.69) is 20.8 Å². The number of amides is 1. The van der Waals surface area contributed by atoms with Crippen molar-refractivity contribution in [3.05, 3.63) is 0 Å². The number of rotatable bonds is 8. The van der Waals surface area contributed by atoms with E-state index in [4.69, 9.17) is 5.11 Å². The van der Waals surface area contributed by atoms with Crippen molar-refractivity contribution in [1.82, 2.24) is 4.90 Å². The number of carbonyl (C=O) groups is 2. The molecule has 1 fully saturated rings. The fourth-order valence-corrected chi connectivity index (χ4v) is 3.07. The summed E-state index contributed by atoms with van der Waals surface area (Å²) in [5.41, 5.74) is -0.0696. The average molecular weight is 269 g/mol. The lowest BCUT2D eigenvalue weighted by Gasteiger charge is -2.39. The molecule has 0 aromatic heterocycles. The van der Waals surface area contributed by atoms with Gasteiger partial charge in [0.05, 0.1) is 0 Å². The monoisotopic (exact) mass is 269 g/mol. The first kappa shape index (κ1) is 16.0. The summed E-state index contributed by atoms with van der Waals surface area (Å²) in [5.74, 6) is -0.430. The van der Waals surface area contributed by atoms with E-state index in [0.29, 0.717) is 12.5 Å². The molecule has 1 heterocycles. The standard InChI is InChI=1S/C15H27NO3/c1-12-9-10-13(17)16(12)15(2,3)11-7-5-4-6-8-14(18)19/h12H,4-11H2,1-3H3,(H,18,19)/t12-/m0/s1. The van der Waals surface area contributed by atoms with E-state index in [1.807, 2.05) is 4.90 Å². The summed E-state index contributed by atoms with van der Waals surface area (Å²) < 4.78 is 0. The third-order valence-corrected chi connectivity index (χ3v) is 4.07. The molecule has 0 aromatic rings. The van der Waals surface area contributed by atoms with Gasteiger partial charge in [-0.05, 0) is 40.0 Å².